The van der Waals surface area contributed by atoms with Gasteiger partial charge in [0.25, 0.3) is 0 Å². The largest absolute Gasteiger partial charge is 0.488 e. The van der Waals surface area contributed by atoms with Crippen molar-refractivity contribution in [2.75, 3.05) is 36.8 Å². The van der Waals surface area contributed by atoms with Gasteiger partial charge in [0.1, 0.15) is 0 Å². The van der Waals surface area contributed by atoms with Crippen LogP contribution in [0, 0.1) is 5.82 Å². The highest BCUT2D eigenvalue weighted by Crippen LogP contribution is 2.32. The van der Waals surface area contributed by atoms with E-state index in [-0.39, 0.29) is 11.9 Å². The van der Waals surface area contributed by atoms with E-state index in [0.29, 0.717) is 11.7 Å². The third-order valence-corrected chi connectivity index (χ3v) is 3.96. The van der Waals surface area contributed by atoms with E-state index in [1.807, 2.05) is 13.8 Å². The van der Waals surface area contributed by atoms with Crippen LogP contribution >= 0.6 is 0 Å². The van der Waals surface area contributed by atoms with Crippen LogP contribution in [0.4, 0.5) is 15.8 Å². The number of anilines is 2. The number of likely N-dealkylation sites (N-methyl/N-ethyl adjacent to an activating group) is 1. The quantitative estimate of drug-likeness (QED) is 0.867. The van der Waals surface area contributed by atoms with Crippen molar-refractivity contribution in [2.24, 2.45) is 0 Å². The van der Waals surface area contributed by atoms with Crippen molar-refractivity contribution in [3.63, 3.8) is 0 Å². The van der Waals surface area contributed by atoms with Crippen LogP contribution in [0.2, 0.25) is 0 Å². The fourth-order valence-corrected chi connectivity index (χ4v) is 2.86. The second-order valence-electron chi connectivity index (χ2n) is 5.93. The summed E-state index contributed by atoms with van der Waals surface area (Å²) >= 11 is 0. The summed E-state index contributed by atoms with van der Waals surface area (Å²) in [6.45, 7) is 12.0. The van der Waals surface area contributed by atoms with Crippen LogP contribution < -0.4 is 15.4 Å². The van der Waals surface area contributed by atoms with Gasteiger partial charge in [0.15, 0.2) is 11.6 Å². The molecule has 1 aliphatic rings. The lowest BCUT2D eigenvalue weighted by molar-refractivity contribution is 0.199. The van der Waals surface area contributed by atoms with E-state index in [0.717, 1.165) is 31.9 Å². The average molecular weight is 295 g/mol. The Labute approximate surface area is 126 Å². The Bertz CT molecular complexity index is 493. The van der Waals surface area contributed by atoms with Crippen molar-refractivity contribution in [1.82, 2.24) is 4.90 Å². The second kappa shape index (κ2) is 6.52. The summed E-state index contributed by atoms with van der Waals surface area (Å²) in [6.07, 6.45) is -0.0631. The van der Waals surface area contributed by atoms with Crippen LogP contribution in [0.25, 0.3) is 0 Å². The fourth-order valence-electron chi connectivity index (χ4n) is 2.86. The number of ether oxygens (including phenoxy) is 1. The monoisotopic (exact) mass is 295 g/mol. The third-order valence-electron chi connectivity index (χ3n) is 3.96. The third kappa shape index (κ3) is 3.59. The minimum Gasteiger partial charge on any atom is -0.488 e. The molecule has 1 aromatic carbocycles. The summed E-state index contributed by atoms with van der Waals surface area (Å²) in [7, 11) is 0. The molecule has 0 saturated carbocycles. The molecule has 2 N–H and O–H groups in total. The SMILES string of the molecule is CCN1CCN(c2cc(OC(C)C)c(F)cc2N)CC1C. The van der Waals surface area contributed by atoms with E-state index in [1.54, 1.807) is 6.07 Å². The molecule has 21 heavy (non-hydrogen) atoms. The zero-order valence-electron chi connectivity index (χ0n) is 13.4. The first kappa shape index (κ1) is 15.9. The highest BCUT2D eigenvalue weighted by atomic mass is 19.1. The molecule has 1 aliphatic heterocycles. The van der Waals surface area contributed by atoms with E-state index in [2.05, 4.69) is 23.6 Å². The number of hydrogen-bond donors (Lipinski definition) is 1. The van der Waals surface area contributed by atoms with E-state index >= 15 is 0 Å². The van der Waals surface area contributed by atoms with Gasteiger partial charge in [-0.05, 0) is 27.3 Å². The van der Waals surface area contributed by atoms with Crippen molar-refractivity contribution < 1.29 is 9.13 Å². The lowest BCUT2D eigenvalue weighted by Gasteiger charge is -2.41. The molecule has 0 aromatic heterocycles. The maximum atomic E-state index is 13.9. The Balaban J connectivity index is 2.23. The van der Waals surface area contributed by atoms with Crippen LogP contribution in [0.5, 0.6) is 5.75 Å². The van der Waals surface area contributed by atoms with Gasteiger partial charge in [-0.2, -0.15) is 0 Å². The molecule has 1 unspecified atom stereocenters. The summed E-state index contributed by atoms with van der Waals surface area (Å²) < 4.78 is 19.5. The van der Waals surface area contributed by atoms with Gasteiger partial charge in [-0.1, -0.05) is 6.92 Å². The van der Waals surface area contributed by atoms with E-state index in [1.165, 1.54) is 6.07 Å². The van der Waals surface area contributed by atoms with Crippen LogP contribution in [0.3, 0.4) is 0 Å². The number of rotatable bonds is 4. The van der Waals surface area contributed by atoms with Gasteiger partial charge in [0.2, 0.25) is 0 Å². The van der Waals surface area contributed by atoms with Gasteiger partial charge in [0, 0.05) is 37.8 Å². The van der Waals surface area contributed by atoms with Gasteiger partial charge in [-0.15, -0.1) is 0 Å². The first-order valence-electron chi connectivity index (χ1n) is 7.67. The Kier molecular flexibility index (Phi) is 4.93. The molecule has 0 radical (unpaired) electrons. The number of piperazine rings is 1. The summed E-state index contributed by atoms with van der Waals surface area (Å²) in [4.78, 5) is 4.65. The van der Waals surface area contributed by atoms with Gasteiger partial charge >= 0.3 is 0 Å². The molecular formula is C16H26FN3O. The zero-order valence-corrected chi connectivity index (χ0v) is 13.4. The van der Waals surface area contributed by atoms with Crippen LogP contribution in [0.15, 0.2) is 12.1 Å². The summed E-state index contributed by atoms with van der Waals surface area (Å²) in [5.41, 5.74) is 7.36. The lowest BCUT2D eigenvalue weighted by Crippen LogP contribution is -2.51. The number of nitrogen functional groups attached to an aromatic ring is 1. The standard InChI is InChI=1S/C16H26FN3O/c1-5-19-6-7-20(10-12(19)4)15-9-16(21-11(2)3)13(17)8-14(15)18/h8-9,11-12H,5-7,10,18H2,1-4H3. The Hall–Kier alpha value is -1.49. The van der Waals surface area contributed by atoms with Crippen LogP contribution in [-0.2, 0) is 0 Å². The average Bonchev–Trinajstić information content (AvgIpc) is 2.41. The molecule has 1 aromatic rings. The minimum absolute atomic E-state index is 0.0631. The normalized spacial score (nSPS) is 20.1. The van der Waals surface area contributed by atoms with Crippen LogP contribution in [-0.4, -0.2) is 43.2 Å². The van der Waals surface area contributed by atoms with Crippen molar-refractivity contribution in [1.29, 1.82) is 0 Å². The zero-order chi connectivity index (χ0) is 15.6. The minimum atomic E-state index is -0.398. The van der Waals surface area contributed by atoms with Crippen molar-refractivity contribution >= 4 is 11.4 Å². The molecule has 1 saturated heterocycles. The molecule has 1 fully saturated rings. The molecule has 1 heterocycles. The highest BCUT2D eigenvalue weighted by molar-refractivity contribution is 5.70. The summed E-state index contributed by atoms with van der Waals surface area (Å²) in [6, 6.07) is 3.56. The molecule has 2 rings (SSSR count). The molecular weight excluding hydrogens is 269 g/mol. The summed E-state index contributed by atoms with van der Waals surface area (Å²) in [5, 5.41) is 0. The molecule has 0 spiro atoms. The fraction of sp³-hybridized carbons (Fsp3) is 0.625. The van der Waals surface area contributed by atoms with Gasteiger partial charge in [0.05, 0.1) is 17.5 Å². The molecule has 1 atom stereocenters. The van der Waals surface area contributed by atoms with Crippen molar-refractivity contribution in [2.45, 2.75) is 39.8 Å². The number of nitrogens with two attached hydrogens (primary N) is 1. The van der Waals surface area contributed by atoms with E-state index in [4.69, 9.17) is 10.5 Å². The highest BCUT2D eigenvalue weighted by Gasteiger charge is 2.24. The lowest BCUT2D eigenvalue weighted by atomic mass is 10.1. The van der Waals surface area contributed by atoms with Gasteiger partial charge < -0.3 is 15.4 Å². The maximum absolute atomic E-state index is 13.9. The van der Waals surface area contributed by atoms with Crippen LogP contribution in [0.1, 0.15) is 27.7 Å². The van der Waals surface area contributed by atoms with Gasteiger partial charge in [-0.3, -0.25) is 4.90 Å². The Morgan fingerprint density at radius 3 is 2.67 bits per heavy atom. The topological polar surface area (TPSA) is 41.7 Å². The molecule has 0 aliphatic carbocycles. The smallest absolute Gasteiger partial charge is 0.167 e. The molecule has 4 nitrogen and oxygen atoms in total. The molecule has 0 bridgehead atoms. The second-order valence-corrected chi connectivity index (χ2v) is 5.93. The summed E-state index contributed by atoms with van der Waals surface area (Å²) in [5.74, 6) is -0.120. The number of halogens is 1. The van der Waals surface area contributed by atoms with E-state index in [9.17, 15) is 4.39 Å². The van der Waals surface area contributed by atoms with Crippen molar-refractivity contribution in [3.05, 3.63) is 17.9 Å². The first-order chi connectivity index (χ1) is 9.92. The first-order valence-corrected chi connectivity index (χ1v) is 7.67. The number of benzene rings is 1. The number of hydrogen-bond acceptors (Lipinski definition) is 4. The number of nitrogens with zero attached hydrogens (tertiary/aromatic N) is 2. The molecule has 5 heteroatoms. The predicted octanol–water partition coefficient (Wildman–Crippen LogP) is 2.73. The maximum Gasteiger partial charge on any atom is 0.167 e. The Morgan fingerprint density at radius 2 is 2.10 bits per heavy atom. The van der Waals surface area contributed by atoms with E-state index < -0.39 is 5.82 Å². The van der Waals surface area contributed by atoms with Crippen molar-refractivity contribution in [3.8, 4) is 5.75 Å². The molecule has 0 amide bonds. The molecule has 118 valence electrons. The predicted molar refractivity (Wildman–Crippen MR) is 85.5 cm³/mol. The Morgan fingerprint density at radius 1 is 1.38 bits per heavy atom. The van der Waals surface area contributed by atoms with Gasteiger partial charge in [-0.25, -0.2) is 4.39 Å².